The lowest BCUT2D eigenvalue weighted by atomic mass is 11.5. The topological polar surface area (TPSA) is 57.5 Å². The molecule has 0 atom stereocenters. The van der Waals surface area contributed by atoms with Gasteiger partial charge in [-0.15, -0.1) is 0 Å². The summed E-state index contributed by atoms with van der Waals surface area (Å²) in [4.78, 5) is 8.56. The molecule has 0 aliphatic rings. The standard InChI is InChI=1S/CH2O3.CH3/c2-1(3)4;/h(H2,2,3,4);1H3. The predicted molar refractivity (Wildman–Crippen MR) is 17.1 cm³/mol. The molecule has 0 aromatic rings. The van der Waals surface area contributed by atoms with E-state index in [0.717, 1.165) is 0 Å². The number of carbonyl (C=O) groups is 1. The van der Waals surface area contributed by atoms with Crippen molar-refractivity contribution in [1.29, 1.82) is 0 Å². The van der Waals surface area contributed by atoms with Crippen LogP contribution >= 0.6 is 0 Å². The van der Waals surface area contributed by atoms with E-state index in [2.05, 4.69) is 0 Å². The lowest BCUT2D eigenvalue weighted by Crippen LogP contribution is -1.81. The number of hydrogen-bond acceptors (Lipinski definition) is 1. The summed E-state index contributed by atoms with van der Waals surface area (Å²) in [6, 6.07) is 0. The molecule has 0 amide bonds. The summed E-state index contributed by atoms with van der Waals surface area (Å²) < 4.78 is 0. The first kappa shape index (κ1) is 8.86. The second kappa shape index (κ2) is 3.27. The van der Waals surface area contributed by atoms with Gasteiger partial charge >= 0.3 is 6.16 Å². The minimum absolute atomic E-state index is 0. The van der Waals surface area contributed by atoms with E-state index >= 15 is 0 Å². The Bertz CT molecular complexity index is 27.9. The average Bonchev–Trinajstić information content (AvgIpc) is 0.811. The molecule has 0 aromatic carbocycles. The normalized spacial score (nSPS) is 4.80. The van der Waals surface area contributed by atoms with Gasteiger partial charge in [-0.3, -0.25) is 0 Å². The fourth-order valence-corrected chi connectivity index (χ4v) is 0. The van der Waals surface area contributed by atoms with Gasteiger partial charge < -0.3 is 10.2 Å². The lowest BCUT2D eigenvalue weighted by molar-refractivity contribution is 0.137. The molecule has 0 saturated heterocycles. The Morgan fingerprint density at radius 3 is 1.40 bits per heavy atom. The SMILES string of the molecule is O=C(O)O.[CH3]. The Balaban J connectivity index is 0. The smallest absolute Gasteiger partial charge is 0.450 e. The minimum atomic E-state index is -1.83. The predicted octanol–water partition coefficient (Wildman–Crippen LogP) is 0.673. The molecule has 0 rings (SSSR count). The maximum atomic E-state index is 8.56. The van der Waals surface area contributed by atoms with Gasteiger partial charge in [0.2, 0.25) is 0 Å². The summed E-state index contributed by atoms with van der Waals surface area (Å²) in [5, 5.41) is 13.9. The van der Waals surface area contributed by atoms with Crippen molar-refractivity contribution < 1.29 is 15.0 Å². The molecule has 0 bridgehead atoms. The largest absolute Gasteiger partial charge is 0.503 e. The zero-order chi connectivity index (χ0) is 3.58. The van der Waals surface area contributed by atoms with E-state index in [1.807, 2.05) is 0 Å². The minimum Gasteiger partial charge on any atom is -0.450 e. The van der Waals surface area contributed by atoms with Crippen LogP contribution in [0.15, 0.2) is 0 Å². The summed E-state index contributed by atoms with van der Waals surface area (Å²) >= 11 is 0. The molecule has 5 heavy (non-hydrogen) atoms. The Morgan fingerprint density at radius 1 is 1.40 bits per heavy atom. The Kier molecular flexibility index (Phi) is 5.79. The van der Waals surface area contributed by atoms with Crippen LogP contribution in [0.3, 0.4) is 0 Å². The van der Waals surface area contributed by atoms with Gasteiger partial charge in [0.05, 0.1) is 0 Å². The molecule has 3 nitrogen and oxygen atoms in total. The van der Waals surface area contributed by atoms with Crippen molar-refractivity contribution in [1.82, 2.24) is 0 Å². The highest BCUT2D eigenvalue weighted by Gasteiger charge is 1.70. The molecular formula is C2H5O3. The Labute approximate surface area is 29.9 Å². The van der Waals surface area contributed by atoms with E-state index in [1.165, 1.54) is 0 Å². The van der Waals surface area contributed by atoms with E-state index in [4.69, 9.17) is 15.0 Å². The van der Waals surface area contributed by atoms with Crippen molar-refractivity contribution in [3.05, 3.63) is 7.43 Å². The third kappa shape index (κ3) is 9.90. The van der Waals surface area contributed by atoms with Gasteiger partial charge in [-0.25, -0.2) is 4.79 Å². The molecule has 0 aromatic heterocycles. The van der Waals surface area contributed by atoms with Crippen LogP contribution < -0.4 is 0 Å². The zero-order valence-electron chi connectivity index (χ0n) is 2.80. The molecule has 0 heterocycles. The zero-order valence-corrected chi connectivity index (χ0v) is 2.80. The highest BCUT2D eigenvalue weighted by atomic mass is 16.6. The van der Waals surface area contributed by atoms with Gasteiger partial charge in [-0.05, 0) is 0 Å². The van der Waals surface area contributed by atoms with E-state index in [1.54, 1.807) is 0 Å². The van der Waals surface area contributed by atoms with Crippen LogP contribution in [0.25, 0.3) is 0 Å². The monoisotopic (exact) mass is 77.0 g/mol. The lowest BCUT2D eigenvalue weighted by Gasteiger charge is -1.60. The van der Waals surface area contributed by atoms with Gasteiger partial charge in [0, 0.05) is 0 Å². The first-order chi connectivity index (χ1) is 1.73. The van der Waals surface area contributed by atoms with E-state index in [9.17, 15) is 0 Å². The molecule has 0 fully saturated rings. The molecule has 3 heteroatoms. The van der Waals surface area contributed by atoms with Gasteiger partial charge in [0.1, 0.15) is 0 Å². The van der Waals surface area contributed by atoms with Crippen LogP contribution in [0.2, 0.25) is 0 Å². The molecular weight excluding hydrogens is 72.0 g/mol. The van der Waals surface area contributed by atoms with Crippen LogP contribution in [0.5, 0.6) is 0 Å². The van der Waals surface area contributed by atoms with Crippen molar-refractivity contribution in [3.63, 3.8) is 0 Å². The second-order valence-corrected chi connectivity index (χ2v) is 0.283. The fraction of sp³-hybridized carbons (Fsp3) is 0. The quantitative estimate of drug-likeness (QED) is 0.446. The molecule has 1 radical (unpaired) electrons. The van der Waals surface area contributed by atoms with E-state index in [-0.39, 0.29) is 7.43 Å². The summed E-state index contributed by atoms with van der Waals surface area (Å²) in [6.07, 6.45) is -1.83. The number of carboxylic acid groups (broad SMARTS) is 2. The van der Waals surface area contributed by atoms with E-state index in [0.29, 0.717) is 0 Å². The maximum absolute atomic E-state index is 8.56. The van der Waals surface area contributed by atoms with Crippen LogP contribution in [0, 0.1) is 7.43 Å². The first-order valence-corrected chi connectivity index (χ1v) is 0.651. The third-order valence-corrected chi connectivity index (χ3v) is 0. The first-order valence-electron chi connectivity index (χ1n) is 0.651. The van der Waals surface area contributed by atoms with Crippen LogP contribution in [0.1, 0.15) is 0 Å². The summed E-state index contributed by atoms with van der Waals surface area (Å²) in [5.41, 5.74) is 0. The van der Waals surface area contributed by atoms with Gasteiger partial charge in [-0.1, -0.05) is 7.43 Å². The van der Waals surface area contributed by atoms with Gasteiger partial charge in [0.25, 0.3) is 0 Å². The van der Waals surface area contributed by atoms with Gasteiger partial charge in [-0.2, -0.15) is 0 Å². The molecule has 0 saturated carbocycles. The van der Waals surface area contributed by atoms with Crippen LogP contribution in [0.4, 0.5) is 4.79 Å². The highest BCUT2D eigenvalue weighted by molar-refractivity contribution is 5.53. The summed E-state index contributed by atoms with van der Waals surface area (Å²) in [6.45, 7) is 0. The average molecular weight is 77.1 g/mol. The molecule has 2 N–H and O–H groups in total. The van der Waals surface area contributed by atoms with Crippen LogP contribution in [-0.2, 0) is 0 Å². The Hall–Kier alpha value is -0.730. The number of hydrogen-bond donors (Lipinski definition) is 2. The molecule has 0 aliphatic carbocycles. The van der Waals surface area contributed by atoms with Crippen LogP contribution in [-0.4, -0.2) is 16.4 Å². The fourth-order valence-electron chi connectivity index (χ4n) is 0. The highest BCUT2D eigenvalue weighted by Crippen LogP contribution is 1.42. The summed E-state index contributed by atoms with van der Waals surface area (Å²) in [5.74, 6) is 0. The van der Waals surface area contributed by atoms with Gasteiger partial charge in [0.15, 0.2) is 0 Å². The van der Waals surface area contributed by atoms with Crippen molar-refractivity contribution >= 4 is 6.16 Å². The molecule has 0 aliphatic heterocycles. The van der Waals surface area contributed by atoms with Crippen molar-refractivity contribution in [2.24, 2.45) is 0 Å². The molecule has 0 spiro atoms. The van der Waals surface area contributed by atoms with Crippen molar-refractivity contribution in [2.75, 3.05) is 0 Å². The second-order valence-electron chi connectivity index (χ2n) is 0.283. The maximum Gasteiger partial charge on any atom is 0.503 e. The molecule has 31 valence electrons. The third-order valence-electron chi connectivity index (χ3n) is 0. The van der Waals surface area contributed by atoms with Crippen molar-refractivity contribution in [2.45, 2.75) is 0 Å². The number of rotatable bonds is 0. The summed E-state index contributed by atoms with van der Waals surface area (Å²) in [7, 11) is 0. The Morgan fingerprint density at radius 2 is 1.40 bits per heavy atom. The van der Waals surface area contributed by atoms with E-state index < -0.39 is 6.16 Å². The molecule has 0 unspecified atom stereocenters. The van der Waals surface area contributed by atoms with Crippen molar-refractivity contribution in [3.8, 4) is 0 Å².